The van der Waals surface area contributed by atoms with Gasteiger partial charge in [0.05, 0.1) is 35.9 Å². The molecule has 0 spiro atoms. The van der Waals surface area contributed by atoms with Crippen LogP contribution in [0.4, 0.5) is 0 Å². The molecule has 9 nitrogen and oxygen atoms in total. The summed E-state index contributed by atoms with van der Waals surface area (Å²) in [6, 6.07) is 9.85. The smallest absolute Gasteiger partial charge is 0.266 e. The van der Waals surface area contributed by atoms with E-state index in [9.17, 15) is 35.9 Å². The van der Waals surface area contributed by atoms with Crippen LogP contribution in [0.15, 0.2) is 44.8 Å². The highest BCUT2D eigenvalue weighted by molar-refractivity contribution is 5.81. The van der Waals surface area contributed by atoms with E-state index in [1.54, 1.807) is 0 Å². The minimum atomic E-state index is -0.373. The lowest BCUT2D eigenvalue weighted by molar-refractivity contribution is -0.121. The lowest BCUT2D eigenvalue weighted by Crippen LogP contribution is -2.27. The Bertz CT molecular complexity index is 1290. The van der Waals surface area contributed by atoms with Gasteiger partial charge in [-0.25, -0.2) is 10.1 Å². The standard InChI is InChI=1S/C31H31N7O2/c1-20(39)23-11-22(28(17-34)26(12-23)25(15-32)16-33)9-7-5-4-6-8-10-38-30-14-24(21(2)40)13-27(29(30)18-35)31(19-36)37-3/h23-24,38H,4-14H2,1-2H3/b31-27+. The molecule has 0 amide bonds. The van der Waals surface area contributed by atoms with Gasteiger partial charge in [-0.05, 0) is 69.9 Å². The molecule has 0 aliphatic heterocycles. The Balaban J connectivity index is 1.96. The number of nitrogens with one attached hydrogen (secondary N) is 1. The van der Waals surface area contributed by atoms with Crippen molar-refractivity contribution in [3.8, 4) is 30.3 Å². The number of Topliss-reactive ketones (excluding diaryl/α,β-unsaturated/α-hetero) is 2. The summed E-state index contributed by atoms with van der Waals surface area (Å²) >= 11 is 0. The largest absolute Gasteiger partial charge is 0.387 e. The second-order valence-electron chi connectivity index (χ2n) is 10.1. The maximum atomic E-state index is 12.1. The number of hydrogen-bond donors (Lipinski definition) is 1. The summed E-state index contributed by atoms with van der Waals surface area (Å²) in [7, 11) is 0. The minimum absolute atomic E-state index is 0.0162. The summed E-state index contributed by atoms with van der Waals surface area (Å²) in [5.41, 5.74) is 2.57. The third-order valence-corrected chi connectivity index (χ3v) is 7.50. The van der Waals surface area contributed by atoms with Gasteiger partial charge in [-0.15, -0.1) is 0 Å². The number of carbonyl (C=O) groups excluding carboxylic acids is 2. The van der Waals surface area contributed by atoms with Crippen LogP contribution in [0.3, 0.4) is 0 Å². The average Bonchev–Trinajstić information content (AvgIpc) is 2.95. The number of unbranched alkanes of at least 4 members (excludes halogenated alkanes) is 4. The van der Waals surface area contributed by atoms with Gasteiger partial charge in [0.25, 0.3) is 5.70 Å². The molecule has 2 atom stereocenters. The first-order valence-electron chi connectivity index (χ1n) is 13.3. The predicted octanol–water partition coefficient (Wildman–Crippen LogP) is 5.55. The molecule has 2 unspecified atom stereocenters. The Kier molecular flexibility index (Phi) is 12.1. The first kappa shape index (κ1) is 31.3. The number of carbonyl (C=O) groups is 2. The van der Waals surface area contributed by atoms with Crippen molar-refractivity contribution in [2.75, 3.05) is 6.54 Å². The van der Waals surface area contributed by atoms with E-state index >= 15 is 0 Å². The van der Waals surface area contributed by atoms with E-state index in [-0.39, 0.29) is 53.1 Å². The molecule has 0 radical (unpaired) electrons. The first-order chi connectivity index (χ1) is 19.3. The molecule has 0 saturated heterocycles. The average molecular weight is 534 g/mol. The normalized spacial score (nSPS) is 19.6. The molecule has 0 aromatic rings. The monoisotopic (exact) mass is 533 g/mol. The molecule has 0 aromatic carbocycles. The summed E-state index contributed by atoms with van der Waals surface area (Å²) in [5, 5.41) is 50.6. The van der Waals surface area contributed by atoms with Gasteiger partial charge in [-0.3, -0.25) is 9.59 Å². The van der Waals surface area contributed by atoms with Crippen LogP contribution in [0.25, 0.3) is 4.85 Å². The number of hydrogen-bond acceptors (Lipinski definition) is 8. The molecule has 202 valence electrons. The number of ketones is 2. The molecule has 0 fully saturated rings. The number of nitrogens with zero attached hydrogens (tertiary/aromatic N) is 6. The molecule has 1 N–H and O–H groups in total. The molecule has 40 heavy (non-hydrogen) atoms. The second-order valence-corrected chi connectivity index (χ2v) is 10.1. The molecule has 2 rings (SSSR count). The van der Waals surface area contributed by atoms with Crippen molar-refractivity contribution in [1.29, 1.82) is 26.3 Å². The van der Waals surface area contributed by atoms with E-state index in [0.29, 0.717) is 48.2 Å². The van der Waals surface area contributed by atoms with Crippen LogP contribution in [0.1, 0.15) is 78.1 Å². The molecular formula is C31H31N7O2. The van der Waals surface area contributed by atoms with Gasteiger partial charge < -0.3 is 5.32 Å². The van der Waals surface area contributed by atoms with Crippen molar-refractivity contribution in [2.45, 2.75) is 78.1 Å². The lowest BCUT2D eigenvalue weighted by Gasteiger charge is -2.26. The zero-order chi connectivity index (χ0) is 29.7. The number of nitriles is 5. The Morgan fingerprint density at radius 3 is 1.93 bits per heavy atom. The molecule has 0 bridgehead atoms. The predicted molar refractivity (Wildman–Crippen MR) is 145 cm³/mol. The van der Waals surface area contributed by atoms with E-state index in [2.05, 4.69) is 22.3 Å². The van der Waals surface area contributed by atoms with Crippen LogP contribution in [-0.2, 0) is 9.59 Å². The second kappa shape index (κ2) is 15.5. The van der Waals surface area contributed by atoms with Crippen molar-refractivity contribution in [3.05, 3.63) is 56.2 Å². The van der Waals surface area contributed by atoms with Crippen LogP contribution in [-0.4, -0.2) is 18.1 Å². The molecule has 0 heterocycles. The van der Waals surface area contributed by atoms with Crippen LogP contribution < -0.4 is 5.32 Å². The highest BCUT2D eigenvalue weighted by atomic mass is 16.1. The van der Waals surface area contributed by atoms with E-state index < -0.39 is 0 Å². The third kappa shape index (κ3) is 7.78. The van der Waals surface area contributed by atoms with Crippen LogP contribution >= 0.6 is 0 Å². The van der Waals surface area contributed by atoms with Gasteiger partial charge in [-0.2, -0.15) is 21.0 Å². The van der Waals surface area contributed by atoms with Crippen LogP contribution in [0, 0.1) is 75.1 Å². The SMILES string of the molecule is [C-]#[N+]/C(C#N)=C1\CC(C(C)=O)CC(NCCCCCCCC2=C(C#N)C(=C(C#N)C#N)CC(C(C)=O)C2)=C1C#N. The van der Waals surface area contributed by atoms with E-state index in [1.807, 2.05) is 18.2 Å². The van der Waals surface area contributed by atoms with Gasteiger partial charge in [-0.1, -0.05) is 24.8 Å². The molecular weight excluding hydrogens is 502 g/mol. The quantitative estimate of drug-likeness (QED) is 0.204. The van der Waals surface area contributed by atoms with Crippen molar-refractivity contribution in [2.24, 2.45) is 11.8 Å². The zero-order valence-corrected chi connectivity index (χ0v) is 22.9. The van der Waals surface area contributed by atoms with Gasteiger partial charge in [0.15, 0.2) is 0 Å². The van der Waals surface area contributed by atoms with Gasteiger partial charge >= 0.3 is 0 Å². The maximum Gasteiger partial charge on any atom is 0.266 e. The van der Waals surface area contributed by atoms with Crippen LogP contribution in [0.2, 0.25) is 0 Å². The topological polar surface area (TPSA) is 169 Å². The number of rotatable bonds is 11. The van der Waals surface area contributed by atoms with E-state index in [4.69, 9.17) is 6.57 Å². The summed E-state index contributed by atoms with van der Waals surface area (Å²) in [6.45, 7) is 10.8. The summed E-state index contributed by atoms with van der Waals surface area (Å²) in [5.74, 6) is -0.758. The Hall–Kier alpha value is -4.96. The fraction of sp³-hybridized carbons (Fsp3) is 0.484. The van der Waals surface area contributed by atoms with Crippen molar-refractivity contribution in [1.82, 2.24) is 5.32 Å². The summed E-state index contributed by atoms with van der Waals surface area (Å²) in [4.78, 5) is 27.4. The Labute approximate surface area is 235 Å². The Morgan fingerprint density at radius 2 is 1.38 bits per heavy atom. The van der Waals surface area contributed by atoms with Gasteiger partial charge in [0, 0.05) is 24.1 Å². The summed E-state index contributed by atoms with van der Waals surface area (Å²) < 4.78 is 0. The summed E-state index contributed by atoms with van der Waals surface area (Å²) in [6.07, 6.45) is 6.32. The van der Waals surface area contributed by atoms with Crippen LogP contribution in [0.5, 0.6) is 0 Å². The Morgan fingerprint density at radius 1 is 0.800 bits per heavy atom. The van der Waals surface area contributed by atoms with Crippen molar-refractivity contribution >= 4 is 11.6 Å². The zero-order valence-electron chi connectivity index (χ0n) is 22.9. The van der Waals surface area contributed by atoms with E-state index in [0.717, 1.165) is 37.7 Å². The minimum Gasteiger partial charge on any atom is -0.387 e. The first-order valence-corrected chi connectivity index (χ1v) is 13.3. The molecule has 2 aliphatic rings. The molecule has 2 aliphatic carbocycles. The highest BCUT2D eigenvalue weighted by Gasteiger charge is 2.31. The van der Waals surface area contributed by atoms with Gasteiger partial charge in [0.2, 0.25) is 0 Å². The van der Waals surface area contributed by atoms with Crippen molar-refractivity contribution in [3.63, 3.8) is 0 Å². The molecule has 9 heteroatoms. The van der Waals surface area contributed by atoms with Crippen molar-refractivity contribution < 1.29 is 9.59 Å². The third-order valence-electron chi connectivity index (χ3n) is 7.50. The molecule has 0 saturated carbocycles. The fourth-order valence-electron chi connectivity index (χ4n) is 5.22. The lowest BCUT2D eigenvalue weighted by atomic mass is 9.76. The fourth-order valence-corrected chi connectivity index (χ4v) is 5.22. The van der Waals surface area contributed by atoms with E-state index in [1.165, 1.54) is 13.8 Å². The molecule has 0 aromatic heterocycles. The number of allylic oxidation sites excluding steroid dienone is 8. The highest BCUT2D eigenvalue weighted by Crippen LogP contribution is 2.38. The maximum absolute atomic E-state index is 12.1. The van der Waals surface area contributed by atoms with Gasteiger partial charge in [0.1, 0.15) is 29.3 Å².